The standard InChI is InChI=1S/C16H34N2/c1-14(11-17-16(2,3)4)12-18(5)13-15-9-7-6-8-10-15/h14-15,17H,6-13H2,1-5H3. The van der Waals surface area contributed by atoms with Crippen molar-refractivity contribution in [1.29, 1.82) is 0 Å². The molecule has 0 spiro atoms. The maximum atomic E-state index is 3.60. The molecule has 0 radical (unpaired) electrons. The summed E-state index contributed by atoms with van der Waals surface area (Å²) in [6.45, 7) is 12.7. The highest BCUT2D eigenvalue weighted by Crippen LogP contribution is 2.24. The summed E-state index contributed by atoms with van der Waals surface area (Å²) < 4.78 is 0. The fourth-order valence-corrected chi connectivity index (χ4v) is 2.96. The molecule has 0 aromatic rings. The second-order valence-corrected chi connectivity index (χ2v) is 7.46. The van der Waals surface area contributed by atoms with Crippen LogP contribution in [-0.4, -0.2) is 37.1 Å². The first-order valence-electron chi connectivity index (χ1n) is 7.80. The fraction of sp³-hybridized carbons (Fsp3) is 1.00. The van der Waals surface area contributed by atoms with Crippen LogP contribution in [0.25, 0.3) is 0 Å². The third-order valence-electron chi connectivity index (χ3n) is 3.90. The van der Waals surface area contributed by atoms with Gasteiger partial charge in [-0.2, -0.15) is 0 Å². The predicted molar refractivity (Wildman–Crippen MR) is 81.0 cm³/mol. The van der Waals surface area contributed by atoms with E-state index in [-0.39, 0.29) is 5.54 Å². The van der Waals surface area contributed by atoms with Crippen molar-refractivity contribution >= 4 is 0 Å². The molecule has 0 aromatic carbocycles. The third-order valence-corrected chi connectivity index (χ3v) is 3.90. The molecule has 1 fully saturated rings. The molecule has 1 aliphatic carbocycles. The Bertz CT molecular complexity index is 214. The van der Waals surface area contributed by atoms with E-state index in [1.165, 1.54) is 45.2 Å². The Morgan fingerprint density at radius 2 is 1.78 bits per heavy atom. The van der Waals surface area contributed by atoms with Gasteiger partial charge in [-0.05, 0) is 59.0 Å². The molecule has 0 saturated heterocycles. The Hall–Kier alpha value is -0.0800. The van der Waals surface area contributed by atoms with Gasteiger partial charge in [0.05, 0.1) is 0 Å². The van der Waals surface area contributed by atoms with Crippen LogP contribution in [0.4, 0.5) is 0 Å². The van der Waals surface area contributed by atoms with Crippen LogP contribution in [0.3, 0.4) is 0 Å². The lowest BCUT2D eigenvalue weighted by Crippen LogP contribution is -2.41. The molecule has 1 unspecified atom stereocenters. The number of nitrogens with one attached hydrogen (secondary N) is 1. The summed E-state index contributed by atoms with van der Waals surface area (Å²) in [5.74, 6) is 1.70. The van der Waals surface area contributed by atoms with Crippen molar-refractivity contribution in [1.82, 2.24) is 10.2 Å². The van der Waals surface area contributed by atoms with E-state index in [1.807, 2.05) is 0 Å². The molecule has 1 aliphatic rings. The van der Waals surface area contributed by atoms with Crippen LogP contribution in [0.15, 0.2) is 0 Å². The molecule has 1 saturated carbocycles. The van der Waals surface area contributed by atoms with Crippen LogP contribution in [-0.2, 0) is 0 Å². The molecule has 18 heavy (non-hydrogen) atoms. The van der Waals surface area contributed by atoms with E-state index in [1.54, 1.807) is 0 Å². The van der Waals surface area contributed by atoms with Crippen LogP contribution in [0.5, 0.6) is 0 Å². The Kier molecular flexibility index (Phi) is 6.65. The molecule has 2 heteroatoms. The summed E-state index contributed by atoms with van der Waals surface area (Å²) in [4.78, 5) is 2.55. The topological polar surface area (TPSA) is 15.3 Å². The summed E-state index contributed by atoms with van der Waals surface area (Å²) in [6.07, 6.45) is 7.29. The highest BCUT2D eigenvalue weighted by Gasteiger charge is 2.17. The molecular weight excluding hydrogens is 220 g/mol. The molecule has 0 bridgehead atoms. The average molecular weight is 254 g/mol. The highest BCUT2D eigenvalue weighted by molar-refractivity contribution is 4.74. The molecule has 0 aliphatic heterocycles. The van der Waals surface area contributed by atoms with E-state index < -0.39 is 0 Å². The number of hydrogen-bond donors (Lipinski definition) is 1. The molecular formula is C16H34N2. The van der Waals surface area contributed by atoms with Crippen LogP contribution >= 0.6 is 0 Å². The van der Waals surface area contributed by atoms with Crippen molar-refractivity contribution in [2.24, 2.45) is 11.8 Å². The minimum absolute atomic E-state index is 0.246. The molecule has 2 nitrogen and oxygen atoms in total. The van der Waals surface area contributed by atoms with Crippen molar-refractivity contribution in [3.05, 3.63) is 0 Å². The van der Waals surface area contributed by atoms with Crippen molar-refractivity contribution in [3.63, 3.8) is 0 Å². The summed E-state index contributed by atoms with van der Waals surface area (Å²) in [5.41, 5.74) is 0.246. The van der Waals surface area contributed by atoms with Crippen molar-refractivity contribution in [3.8, 4) is 0 Å². The molecule has 1 N–H and O–H groups in total. The van der Waals surface area contributed by atoms with Crippen molar-refractivity contribution < 1.29 is 0 Å². The van der Waals surface area contributed by atoms with E-state index in [0.717, 1.165) is 18.4 Å². The van der Waals surface area contributed by atoms with Crippen molar-refractivity contribution in [2.75, 3.05) is 26.7 Å². The van der Waals surface area contributed by atoms with E-state index in [9.17, 15) is 0 Å². The zero-order valence-corrected chi connectivity index (χ0v) is 13.3. The molecule has 1 rings (SSSR count). The van der Waals surface area contributed by atoms with Crippen LogP contribution in [0, 0.1) is 11.8 Å². The van der Waals surface area contributed by atoms with Gasteiger partial charge >= 0.3 is 0 Å². The van der Waals surface area contributed by atoms with Gasteiger partial charge in [0.25, 0.3) is 0 Å². The van der Waals surface area contributed by atoms with Gasteiger partial charge in [0.2, 0.25) is 0 Å². The smallest absolute Gasteiger partial charge is 0.00966 e. The minimum Gasteiger partial charge on any atom is -0.312 e. The summed E-state index contributed by atoms with van der Waals surface area (Å²) in [7, 11) is 2.29. The molecule has 0 heterocycles. The predicted octanol–water partition coefficient (Wildman–Crippen LogP) is 3.52. The maximum absolute atomic E-state index is 3.60. The average Bonchev–Trinajstić information content (AvgIpc) is 2.26. The van der Waals surface area contributed by atoms with Crippen LogP contribution in [0.1, 0.15) is 59.8 Å². The van der Waals surface area contributed by atoms with Gasteiger partial charge in [0, 0.05) is 18.6 Å². The van der Waals surface area contributed by atoms with Gasteiger partial charge < -0.3 is 10.2 Å². The lowest BCUT2D eigenvalue weighted by atomic mass is 9.89. The first kappa shape index (κ1) is 16.0. The van der Waals surface area contributed by atoms with Crippen molar-refractivity contribution in [2.45, 2.75) is 65.3 Å². The first-order valence-corrected chi connectivity index (χ1v) is 7.80. The van der Waals surface area contributed by atoms with Gasteiger partial charge in [-0.3, -0.25) is 0 Å². The highest BCUT2D eigenvalue weighted by atomic mass is 15.1. The second-order valence-electron chi connectivity index (χ2n) is 7.46. The van der Waals surface area contributed by atoms with Gasteiger partial charge in [0.1, 0.15) is 0 Å². The van der Waals surface area contributed by atoms with E-state index in [0.29, 0.717) is 0 Å². The van der Waals surface area contributed by atoms with Gasteiger partial charge in [-0.25, -0.2) is 0 Å². The van der Waals surface area contributed by atoms with E-state index >= 15 is 0 Å². The molecule has 1 atom stereocenters. The SMILES string of the molecule is CC(CNC(C)(C)C)CN(C)CC1CCCCC1. The molecule has 108 valence electrons. The van der Waals surface area contributed by atoms with E-state index in [2.05, 4.69) is 45.0 Å². The lowest BCUT2D eigenvalue weighted by Gasteiger charge is -2.30. The molecule has 0 amide bonds. The monoisotopic (exact) mass is 254 g/mol. The largest absolute Gasteiger partial charge is 0.312 e. The normalized spacial score (nSPS) is 20.3. The zero-order chi connectivity index (χ0) is 13.6. The number of hydrogen-bond acceptors (Lipinski definition) is 2. The van der Waals surface area contributed by atoms with Gasteiger partial charge in [-0.1, -0.05) is 26.2 Å². The summed E-state index contributed by atoms with van der Waals surface area (Å²) in [6, 6.07) is 0. The van der Waals surface area contributed by atoms with E-state index in [4.69, 9.17) is 0 Å². The third kappa shape index (κ3) is 7.38. The second kappa shape index (κ2) is 7.49. The van der Waals surface area contributed by atoms with Gasteiger partial charge in [-0.15, -0.1) is 0 Å². The molecule has 0 aromatic heterocycles. The van der Waals surface area contributed by atoms with Crippen LogP contribution in [0.2, 0.25) is 0 Å². The minimum atomic E-state index is 0.246. The summed E-state index contributed by atoms with van der Waals surface area (Å²) >= 11 is 0. The Morgan fingerprint density at radius 1 is 1.17 bits per heavy atom. The zero-order valence-electron chi connectivity index (χ0n) is 13.3. The number of rotatable bonds is 6. The van der Waals surface area contributed by atoms with Crippen LogP contribution < -0.4 is 5.32 Å². The summed E-state index contributed by atoms with van der Waals surface area (Å²) in [5, 5.41) is 3.60. The Balaban J connectivity index is 2.16. The first-order chi connectivity index (χ1) is 8.37. The maximum Gasteiger partial charge on any atom is 0.00966 e. The van der Waals surface area contributed by atoms with Gasteiger partial charge in [0.15, 0.2) is 0 Å². The quantitative estimate of drug-likeness (QED) is 0.780. The Morgan fingerprint density at radius 3 is 2.33 bits per heavy atom. The number of nitrogens with zero attached hydrogens (tertiary/aromatic N) is 1. The lowest BCUT2D eigenvalue weighted by molar-refractivity contribution is 0.207. The fourth-order valence-electron chi connectivity index (χ4n) is 2.96. The Labute approximate surface area is 115 Å².